The zero-order chi connectivity index (χ0) is 15.8. The van der Waals surface area contributed by atoms with Crippen LogP contribution in [0.3, 0.4) is 0 Å². The molecule has 0 aliphatic rings. The number of nitrogens with one attached hydrogen (secondary N) is 1. The summed E-state index contributed by atoms with van der Waals surface area (Å²) in [7, 11) is 0. The van der Waals surface area contributed by atoms with E-state index in [1.807, 2.05) is 54.6 Å². The first-order valence-corrected chi connectivity index (χ1v) is 7.90. The van der Waals surface area contributed by atoms with E-state index in [4.69, 9.17) is 5.11 Å². The molecule has 22 heavy (non-hydrogen) atoms. The normalized spacial score (nSPS) is 10.3. The Bertz CT molecular complexity index is 587. The van der Waals surface area contributed by atoms with Gasteiger partial charge in [-0.15, -0.1) is 0 Å². The molecule has 0 bridgehead atoms. The summed E-state index contributed by atoms with van der Waals surface area (Å²) in [6.45, 7) is 1.19. The van der Waals surface area contributed by atoms with Gasteiger partial charge in [-0.3, -0.25) is 0 Å². The SMILES string of the molecule is O=C(NCc1ccc(Br)cc1)N(CCO)Cc1ccccc1. The summed E-state index contributed by atoms with van der Waals surface area (Å²) in [5.74, 6) is 0. The number of aliphatic hydroxyl groups excluding tert-OH is 1. The standard InChI is InChI=1S/C17H19BrN2O2/c18-16-8-6-14(7-9-16)12-19-17(22)20(10-11-21)13-15-4-2-1-3-5-15/h1-9,21H,10-13H2,(H,19,22). The van der Waals surface area contributed by atoms with Crippen molar-refractivity contribution >= 4 is 22.0 Å². The minimum atomic E-state index is -0.180. The third-order valence-corrected chi connectivity index (χ3v) is 3.76. The molecule has 0 aromatic heterocycles. The van der Waals surface area contributed by atoms with E-state index in [2.05, 4.69) is 21.2 Å². The lowest BCUT2D eigenvalue weighted by atomic mass is 10.2. The molecule has 2 rings (SSSR count). The van der Waals surface area contributed by atoms with E-state index in [1.54, 1.807) is 4.90 Å². The van der Waals surface area contributed by atoms with Crippen LogP contribution in [-0.4, -0.2) is 29.2 Å². The van der Waals surface area contributed by atoms with E-state index in [9.17, 15) is 4.79 Å². The maximum atomic E-state index is 12.3. The van der Waals surface area contributed by atoms with Gasteiger partial charge in [0.05, 0.1) is 6.61 Å². The van der Waals surface area contributed by atoms with Gasteiger partial charge in [-0.1, -0.05) is 58.4 Å². The fourth-order valence-corrected chi connectivity index (χ4v) is 2.33. The molecular weight excluding hydrogens is 344 g/mol. The van der Waals surface area contributed by atoms with Gasteiger partial charge in [0.25, 0.3) is 0 Å². The van der Waals surface area contributed by atoms with E-state index < -0.39 is 0 Å². The second-order valence-corrected chi connectivity index (χ2v) is 5.83. The predicted octanol–water partition coefficient (Wildman–Crippen LogP) is 3.15. The number of urea groups is 1. The number of hydrogen-bond donors (Lipinski definition) is 2. The highest BCUT2D eigenvalue weighted by atomic mass is 79.9. The first kappa shape index (κ1) is 16.5. The van der Waals surface area contributed by atoms with Crippen LogP contribution in [0, 0.1) is 0 Å². The van der Waals surface area contributed by atoms with Crippen molar-refractivity contribution in [1.29, 1.82) is 0 Å². The van der Waals surface area contributed by atoms with Gasteiger partial charge < -0.3 is 15.3 Å². The molecule has 0 radical (unpaired) electrons. The predicted molar refractivity (Wildman–Crippen MR) is 90.3 cm³/mol. The van der Waals surface area contributed by atoms with Crippen LogP contribution in [0.4, 0.5) is 4.79 Å². The van der Waals surface area contributed by atoms with Crippen molar-refractivity contribution in [2.24, 2.45) is 0 Å². The van der Waals surface area contributed by atoms with Gasteiger partial charge >= 0.3 is 6.03 Å². The summed E-state index contributed by atoms with van der Waals surface area (Å²) in [4.78, 5) is 13.9. The van der Waals surface area contributed by atoms with Crippen molar-refractivity contribution in [3.05, 3.63) is 70.2 Å². The van der Waals surface area contributed by atoms with Crippen molar-refractivity contribution in [1.82, 2.24) is 10.2 Å². The molecule has 0 atom stereocenters. The van der Waals surface area contributed by atoms with Gasteiger partial charge in [-0.05, 0) is 23.3 Å². The number of carbonyl (C=O) groups excluding carboxylic acids is 1. The topological polar surface area (TPSA) is 52.6 Å². The van der Waals surface area contributed by atoms with E-state index in [0.29, 0.717) is 19.6 Å². The summed E-state index contributed by atoms with van der Waals surface area (Å²) in [6, 6.07) is 17.4. The Morgan fingerprint density at radius 2 is 1.73 bits per heavy atom. The zero-order valence-electron chi connectivity index (χ0n) is 12.2. The highest BCUT2D eigenvalue weighted by molar-refractivity contribution is 9.10. The van der Waals surface area contributed by atoms with Gasteiger partial charge in [0, 0.05) is 24.1 Å². The largest absolute Gasteiger partial charge is 0.395 e. The summed E-state index contributed by atoms with van der Waals surface area (Å²) in [6.07, 6.45) is 0. The highest BCUT2D eigenvalue weighted by Crippen LogP contribution is 2.10. The first-order chi connectivity index (χ1) is 10.7. The van der Waals surface area contributed by atoms with Crippen LogP contribution in [0.25, 0.3) is 0 Å². The average molecular weight is 363 g/mol. The molecule has 0 aliphatic heterocycles. The van der Waals surface area contributed by atoms with Gasteiger partial charge in [-0.2, -0.15) is 0 Å². The number of hydrogen-bond acceptors (Lipinski definition) is 2. The maximum absolute atomic E-state index is 12.3. The Balaban J connectivity index is 1.93. The number of benzene rings is 2. The quantitative estimate of drug-likeness (QED) is 0.829. The van der Waals surface area contributed by atoms with Crippen LogP contribution in [0.2, 0.25) is 0 Å². The second-order valence-electron chi connectivity index (χ2n) is 4.92. The molecular formula is C17H19BrN2O2. The Labute approximate surface area is 138 Å². The Kier molecular flexibility index (Phi) is 6.43. The van der Waals surface area contributed by atoms with E-state index >= 15 is 0 Å². The molecule has 0 aliphatic carbocycles. The lowest BCUT2D eigenvalue weighted by molar-refractivity contribution is 0.173. The Morgan fingerprint density at radius 3 is 2.36 bits per heavy atom. The van der Waals surface area contributed by atoms with Crippen molar-refractivity contribution in [2.75, 3.05) is 13.2 Å². The number of carbonyl (C=O) groups is 1. The molecule has 4 nitrogen and oxygen atoms in total. The lowest BCUT2D eigenvalue weighted by Crippen LogP contribution is -2.40. The minimum Gasteiger partial charge on any atom is -0.395 e. The van der Waals surface area contributed by atoms with Crippen LogP contribution in [0.5, 0.6) is 0 Å². The number of aliphatic hydroxyl groups is 1. The molecule has 0 fully saturated rings. The van der Waals surface area contributed by atoms with Crippen molar-refractivity contribution in [3.63, 3.8) is 0 Å². The van der Waals surface area contributed by atoms with Crippen LogP contribution < -0.4 is 5.32 Å². The summed E-state index contributed by atoms with van der Waals surface area (Å²) in [5, 5.41) is 12.0. The van der Waals surface area contributed by atoms with Crippen LogP contribution >= 0.6 is 15.9 Å². The molecule has 2 aromatic carbocycles. The summed E-state index contributed by atoms with van der Waals surface area (Å²) in [5.41, 5.74) is 2.06. The van der Waals surface area contributed by atoms with Gasteiger partial charge in [0.15, 0.2) is 0 Å². The minimum absolute atomic E-state index is 0.0570. The zero-order valence-corrected chi connectivity index (χ0v) is 13.8. The molecule has 0 spiro atoms. The van der Waals surface area contributed by atoms with Crippen molar-refractivity contribution in [2.45, 2.75) is 13.1 Å². The lowest BCUT2D eigenvalue weighted by Gasteiger charge is -2.22. The molecule has 0 unspecified atom stereocenters. The summed E-state index contributed by atoms with van der Waals surface area (Å²) >= 11 is 3.38. The Hall–Kier alpha value is -1.85. The fourth-order valence-electron chi connectivity index (χ4n) is 2.07. The molecule has 2 amide bonds. The third-order valence-electron chi connectivity index (χ3n) is 3.23. The fraction of sp³-hybridized carbons (Fsp3) is 0.235. The van der Waals surface area contributed by atoms with Gasteiger partial charge in [0.1, 0.15) is 0 Å². The van der Waals surface area contributed by atoms with Gasteiger partial charge in [0.2, 0.25) is 0 Å². The third kappa shape index (κ3) is 5.16. The highest BCUT2D eigenvalue weighted by Gasteiger charge is 2.12. The Morgan fingerprint density at radius 1 is 1.05 bits per heavy atom. The molecule has 0 heterocycles. The molecule has 2 N–H and O–H groups in total. The van der Waals surface area contributed by atoms with Crippen LogP contribution in [-0.2, 0) is 13.1 Å². The first-order valence-electron chi connectivity index (χ1n) is 7.11. The average Bonchev–Trinajstić information content (AvgIpc) is 2.54. The second kappa shape index (κ2) is 8.56. The van der Waals surface area contributed by atoms with Crippen LogP contribution in [0.1, 0.15) is 11.1 Å². The molecule has 0 saturated carbocycles. The van der Waals surface area contributed by atoms with Crippen molar-refractivity contribution < 1.29 is 9.90 Å². The monoisotopic (exact) mass is 362 g/mol. The van der Waals surface area contributed by atoms with E-state index in [0.717, 1.165) is 15.6 Å². The van der Waals surface area contributed by atoms with Gasteiger partial charge in [-0.25, -0.2) is 4.79 Å². The number of rotatable bonds is 6. The number of nitrogens with zero attached hydrogens (tertiary/aromatic N) is 1. The summed E-state index contributed by atoms with van der Waals surface area (Å²) < 4.78 is 1.01. The number of halogens is 1. The maximum Gasteiger partial charge on any atom is 0.318 e. The molecule has 0 saturated heterocycles. The van der Waals surface area contributed by atoms with Crippen molar-refractivity contribution in [3.8, 4) is 0 Å². The van der Waals surface area contributed by atoms with E-state index in [1.165, 1.54) is 0 Å². The molecule has 2 aromatic rings. The van der Waals surface area contributed by atoms with Crippen LogP contribution in [0.15, 0.2) is 59.1 Å². The number of amides is 2. The van der Waals surface area contributed by atoms with E-state index in [-0.39, 0.29) is 12.6 Å². The molecule has 5 heteroatoms. The molecule has 116 valence electrons. The smallest absolute Gasteiger partial charge is 0.318 e.